The van der Waals surface area contributed by atoms with Gasteiger partial charge in [-0.2, -0.15) is 0 Å². The molecule has 88 valence electrons. The highest BCUT2D eigenvalue weighted by molar-refractivity contribution is 7.84. The van der Waals surface area contributed by atoms with Gasteiger partial charge in [-0.3, -0.25) is 9.00 Å². The van der Waals surface area contributed by atoms with Crippen LogP contribution >= 0.6 is 0 Å². The molecule has 1 fully saturated rings. The molecule has 3 unspecified atom stereocenters. The third-order valence-corrected chi connectivity index (χ3v) is 3.46. The zero-order valence-corrected chi connectivity index (χ0v) is 10.2. The summed E-state index contributed by atoms with van der Waals surface area (Å²) in [5, 5.41) is 6.15. The molecule has 0 aliphatic carbocycles. The molecule has 1 saturated heterocycles. The lowest BCUT2D eigenvalue weighted by Gasteiger charge is -2.14. The van der Waals surface area contributed by atoms with E-state index in [0.29, 0.717) is 18.2 Å². The van der Waals surface area contributed by atoms with Crippen molar-refractivity contribution in [3.8, 4) is 0 Å². The van der Waals surface area contributed by atoms with Gasteiger partial charge < -0.3 is 10.6 Å². The molecule has 1 heterocycles. The summed E-state index contributed by atoms with van der Waals surface area (Å²) in [6.07, 6.45) is 4.44. The second kappa shape index (κ2) is 6.23. The van der Waals surface area contributed by atoms with Gasteiger partial charge in [0.15, 0.2) is 0 Å². The maximum Gasteiger partial charge on any atom is 0.221 e. The van der Waals surface area contributed by atoms with Crippen LogP contribution in [0.5, 0.6) is 0 Å². The molecule has 0 aromatic heterocycles. The summed E-state index contributed by atoms with van der Waals surface area (Å²) < 4.78 is 10.9. The van der Waals surface area contributed by atoms with E-state index in [4.69, 9.17) is 0 Å². The molecule has 4 nitrogen and oxygen atoms in total. The number of nitrogens with one attached hydrogen (secondary N) is 2. The van der Waals surface area contributed by atoms with E-state index in [0.717, 1.165) is 19.4 Å². The highest BCUT2D eigenvalue weighted by atomic mass is 32.2. The van der Waals surface area contributed by atoms with Gasteiger partial charge in [0.2, 0.25) is 5.91 Å². The van der Waals surface area contributed by atoms with Crippen molar-refractivity contribution in [1.29, 1.82) is 0 Å². The fraction of sp³-hybridized carbons (Fsp3) is 0.900. The van der Waals surface area contributed by atoms with Crippen molar-refractivity contribution in [1.82, 2.24) is 10.6 Å². The minimum Gasteiger partial charge on any atom is -0.353 e. The van der Waals surface area contributed by atoms with Crippen LogP contribution in [0.4, 0.5) is 0 Å². The molecule has 3 atom stereocenters. The first-order valence-electron chi connectivity index (χ1n) is 5.40. The van der Waals surface area contributed by atoms with E-state index in [1.165, 1.54) is 0 Å². The number of carbonyl (C=O) groups excluding carboxylic acids is 1. The maximum absolute atomic E-state index is 11.5. The van der Waals surface area contributed by atoms with Gasteiger partial charge >= 0.3 is 0 Å². The predicted octanol–water partition coefficient (Wildman–Crippen LogP) is 0.0117. The highest BCUT2D eigenvalue weighted by Crippen LogP contribution is 2.08. The molecule has 1 aliphatic heterocycles. The molecule has 15 heavy (non-hydrogen) atoms. The fourth-order valence-corrected chi connectivity index (χ4v) is 2.67. The van der Waals surface area contributed by atoms with Crippen molar-refractivity contribution in [2.24, 2.45) is 0 Å². The molecule has 0 spiro atoms. The minimum absolute atomic E-state index is 0.00439. The van der Waals surface area contributed by atoms with Crippen molar-refractivity contribution in [3.63, 3.8) is 0 Å². The van der Waals surface area contributed by atoms with Crippen molar-refractivity contribution in [2.75, 3.05) is 18.6 Å². The van der Waals surface area contributed by atoms with Crippen LogP contribution in [-0.4, -0.2) is 40.8 Å². The van der Waals surface area contributed by atoms with Gasteiger partial charge in [0, 0.05) is 41.3 Å². The van der Waals surface area contributed by atoms with E-state index in [-0.39, 0.29) is 11.9 Å². The second-order valence-corrected chi connectivity index (χ2v) is 5.69. The zero-order chi connectivity index (χ0) is 11.3. The molecule has 0 aromatic carbocycles. The highest BCUT2D eigenvalue weighted by Gasteiger charge is 2.18. The third-order valence-electron chi connectivity index (χ3n) is 2.49. The van der Waals surface area contributed by atoms with Crippen LogP contribution in [0.2, 0.25) is 0 Å². The standard InChI is InChI=1S/C10H20N2O2S/c1-8(7-15(2)14)12-10(13)6-9-4-3-5-11-9/h8-9,11H,3-7H2,1-2H3,(H,12,13). The average Bonchev–Trinajstić information content (AvgIpc) is 2.53. The number of hydrogen-bond acceptors (Lipinski definition) is 3. The lowest BCUT2D eigenvalue weighted by atomic mass is 10.1. The first kappa shape index (κ1) is 12.6. The fourth-order valence-electron chi connectivity index (χ4n) is 1.88. The smallest absolute Gasteiger partial charge is 0.221 e. The van der Waals surface area contributed by atoms with Gasteiger partial charge in [-0.15, -0.1) is 0 Å². The van der Waals surface area contributed by atoms with Crippen LogP contribution in [0.3, 0.4) is 0 Å². The molecule has 5 heteroatoms. The van der Waals surface area contributed by atoms with Gasteiger partial charge in [0.05, 0.1) is 0 Å². The Balaban J connectivity index is 2.19. The van der Waals surface area contributed by atoms with Crippen molar-refractivity contribution in [3.05, 3.63) is 0 Å². The molecule has 0 saturated carbocycles. The van der Waals surface area contributed by atoms with E-state index in [1.807, 2.05) is 6.92 Å². The lowest BCUT2D eigenvalue weighted by molar-refractivity contribution is -0.121. The SMILES string of the molecule is CC(CS(C)=O)NC(=O)CC1CCCN1. The van der Waals surface area contributed by atoms with Gasteiger partial charge in [-0.25, -0.2) is 0 Å². The predicted molar refractivity (Wildman–Crippen MR) is 62.2 cm³/mol. The maximum atomic E-state index is 11.5. The second-order valence-electron chi connectivity index (χ2n) is 4.21. The number of carbonyl (C=O) groups is 1. The summed E-state index contributed by atoms with van der Waals surface area (Å²) in [6.45, 7) is 2.91. The van der Waals surface area contributed by atoms with Crippen LogP contribution in [0, 0.1) is 0 Å². The summed E-state index contributed by atoms with van der Waals surface area (Å²) in [4.78, 5) is 11.5. The number of amides is 1. The topological polar surface area (TPSA) is 58.2 Å². The van der Waals surface area contributed by atoms with Crippen LogP contribution in [0.1, 0.15) is 26.2 Å². The molecule has 0 aromatic rings. The summed E-state index contributed by atoms with van der Waals surface area (Å²) in [7, 11) is -0.846. The molecule has 0 bridgehead atoms. The van der Waals surface area contributed by atoms with E-state index in [9.17, 15) is 9.00 Å². The summed E-state index contributed by atoms with van der Waals surface area (Å²) in [5.41, 5.74) is 0. The number of hydrogen-bond donors (Lipinski definition) is 2. The van der Waals surface area contributed by atoms with Gasteiger partial charge in [0.25, 0.3) is 0 Å². The lowest BCUT2D eigenvalue weighted by Crippen LogP contribution is -2.39. The molecule has 1 aliphatic rings. The van der Waals surface area contributed by atoms with E-state index in [1.54, 1.807) is 6.26 Å². The van der Waals surface area contributed by atoms with Gasteiger partial charge in [-0.05, 0) is 26.3 Å². The molecule has 1 amide bonds. The third kappa shape index (κ3) is 5.28. The van der Waals surface area contributed by atoms with Crippen molar-refractivity contribution < 1.29 is 9.00 Å². The Morgan fingerprint density at radius 1 is 1.67 bits per heavy atom. The molecule has 1 rings (SSSR count). The van der Waals surface area contributed by atoms with Gasteiger partial charge in [0.1, 0.15) is 0 Å². The first-order chi connectivity index (χ1) is 7.08. The summed E-state index contributed by atoms with van der Waals surface area (Å²) in [6, 6.07) is 0.342. The minimum atomic E-state index is -0.846. The Bertz CT molecular complexity index is 240. The zero-order valence-electron chi connectivity index (χ0n) is 9.41. The first-order valence-corrected chi connectivity index (χ1v) is 7.13. The Hall–Kier alpha value is -0.420. The Kier molecular flexibility index (Phi) is 5.25. The Morgan fingerprint density at radius 2 is 2.40 bits per heavy atom. The molecule has 2 N–H and O–H groups in total. The van der Waals surface area contributed by atoms with Crippen molar-refractivity contribution in [2.45, 2.75) is 38.3 Å². The van der Waals surface area contributed by atoms with Crippen LogP contribution in [0.15, 0.2) is 0 Å². The van der Waals surface area contributed by atoms with E-state index in [2.05, 4.69) is 10.6 Å². The molecular weight excluding hydrogens is 212 g/mol. The summed E-state index contributed by atoms with van der Waals surface area (Å²) >= 11 is 0. The van der Waals surface area contributed by atoms with E-state index < -0.39 is 10.8 Å². The van der Waals surface area contributed by atoms with Gasteiger partial charge in [-0.1, -0.05) is 0 Å². The Morgan fingerprint density at radius 3 is 2.93 bits per heavy atom. The normalized spacial score (nSPS) is 24.8. The molecule has 0 radical (unpaired) electrons. The largest absolute Gasteiger partial charge is 0.353 e. The molecular formula is C10H20N2O2S. The van der Waals surface area contributed by atoms with Crippen LogP contribution in [0.25, 0.3) is 0 Å². The Labute approximate surface area is 93.7 Å². The van der Waals surface area contributed by atoms with Crippen LogP contribution in [-0.2, 0) is 15.6 Å². The van der Waals surface area contributed by atoms with Crippen LogP contribution < -0.4 is 10.6 Å². The quantitative estimate of drug-likeness (QED) is 0.702. The number of rotatable bonds is 5. The van der Waals surface area contributed by atoms with Crippen molar-refractivity contribution >= 4 is 16.7 Å². The summed E-state index contributed by atoms with van der Waals surface area (Å²) in [5.74, 6) is 0.594. The monoisotopic (exact) mass is 232 g/mol. The average molecular weight is 232 g/mol. The van der Waals surface area contributed by atoms with E-state index >= 15 is 0 Å².